The van der Waals surface area contributed by atoms with Gasteiger partial charge in [-0.15, -0.1) is 0 Å². The van der Waals surface area contributed by atoms with Gasteiger partial charge in [-0.05, 0) is 38.5 Å². The van der Waals surface area contributed by atoms with Crippen molar-refractivity contribution in [3.63, 3.8) is 0 Å². The van der Waals surface area contributed by atoms with E-state index in [0.717, 1.165) is 15.7 Å². The van der Waals surface area contributed by atoms with Crippen LogP contribution in [0, 0.1) is 17.0 Å². The maximum Gasteiger partial charge on any atom is 0.331 e. The number of phenols is 1. The van der Waals surface area contributed by atoms with E-state index in [0.29, 0.717) is 22.3 Å². The average Bonchev–Trinajstić information content (AvgIpc) is 3.20. The Morgan fingerprint density at radius 2 is 1.83 bits per heavy atom. The Morgan fingerprint density at radius 1 is 1.11 bits per heavy atom. The summed E-state index contributed by atoms with van der Waals surface area (Å²) in [6.45, 7) is 6.07. The number of phenolic OH excluding ortho intramolecular Hbond substituents is 1. The van der Waals surface area contributed by atoms with Crippen molar-refractivity contribution in [1.29, 1.82) is 0 Å². The normalized spacial score (nSPS) is 16.8. The smallest absolute Gasteiger partial charge is 0.331 e. The molecular formula is C26H26N4O6. The quantitative estimate of drug-likeness (QED) is 0.347. The summed E-state index contributed by atoms with van der Waals surface area (Å²) in [4.78, 5) is 37.6. The van der Waals surface area contributed by atoms with Gasteiger partial charge in [-0.1, -0.05) is 23.8 Å². The largest absolute Gasteiger partial charge is 0.508 e. The molecule has 0 fully saturated rings. The van der Waals surface area contributed by atoms with Crippen LogP contribution in [0.5, 0.6) is 5.75 Å². The van der Waals surface area contributed by atoms with Crippen LogP contribution < -0.4 is 11.2 Å². The Labute approximate surface area is 205 Å². The molecule has 186 valence electrons. The van der Waals surface area contributed by atoms with E-state index >= 15 is 0 Å². The van der Waals surface area contributed by atoms with Gasteiger partial charge in [0.15, 0.2) is 0 Å². The lowest BCUT2D eigenvalue weighted by Gasteiger charge is -2.39. The highest BCUT2D eigenvalue weighted by Gasteiger charge is 2.41. The summed E-state index contributed by atoms with van der Waals surface area (Å²) in [6.07, 6.45) is -0.961. The van der Waals surface area contributed by atoms with Crippen LogP contribution in [0.15, 0.2) is 52.1 Å². The first-order valence-corrected chi connectivity index (χ1v) is 11.4. The highest BCUT2D eigenvalue weighted by Crippen LogP contribution is 2.47. The maximum absolute atomic E-state index is 13.6. The number of aromatic nitrogens is 3. The van der Waals surface area contributed by atoms with Gasteiger partial charge in [0.2, 0.25) is 0 Å². The summed E-state index contributed by atoms with van der Waals surface area (Å²) in [5.74, 6) is -0.183. The third-order valence-electron chi connectivity index (χ3n) is 6.86. The number of aryl methyl sites for hydroxylation is 2. The molecule has 1 atom stereocenters. The van der Waals surface area contributed by atoms with Crippen molar-refractivity contribution in [3.05, 3.63) is 90.2 Å². The number of nitrogens with zero attached hydrogens (tertiary/aromatic N) is 4. The number of nitro benzene ring substituents is 1. The van der Waals surface area contributed by atoms with E-state index in [1.807, 2.05) is 49.6 Å². The van der Waals surface area contributed by atoms with E-state index in [-0.39, 0.29) is 23.6 Å². The molecular weight excluding hydrogens is 464 g/mol. The topological polar surface area (TPSA) is 122 Å². The Bertz CT molecular complexity index is 1690. The lowest BCUT2D eigenvalue weighted by Crippen LogP contribution is -2.40. The number of hydrogen-bond acceptors (Lipinski definition) is 6. The fourth-order valence-corrected chi connectivity index (χ4v) is 5.16. The van der Waals surface area contributed by atoms with Gasteiger partial charge in [0, 0.05) is 31.8 Å². The van der Waals surface area contributed by atoms with E-state index in [1.165, 1.54) is 29.8 Å². The van der Waals surface area contributed by atoms with Gasteiger partial charge < -0.3 is 14.4 Å². The van der Waals surface area contributed by atoms with Crippen molar-refractivity contribution in [2.45, 2.75) is 32.4 Å². The van der Waals surface area contributed by atoms with Crippen LogP contribution >= 0.6 is 0 Å². The average molecular weight is 491 g/mol. The van der Waals surface area contributed by atoms with E-state index < -0.39 is 27.8 Å². The number of non-ortho nitro benzene ring substituents is 1. The van der Waals surface area contributed by atoms with Crippen molar-refractivity contribution in [3.8, 4) is 17.0 Å². The molecule has 0 aliphatic carbocycles. The Hall–Kier alpha value is -4.18. The number of rotatable bonds is 3. The fourth-order valence-electron chi connectivity index (χ4n) is 5.16. The first-order chi connectivity index (χ1) is 16.9. The molecule has 3 heterocycles. The van der Waals surface area contributed by atoms with Gasteiger partial charge in [-0.2, -0.15) is 0 Å². The van der Waals surface area contributed by atoms with Gasteiger partial charge in [0.25, 0.3) is 11.2 Å². The number of aromatic hydroxyl groups is 1. The van der Waals surface area contributed by atoms with Crippen LogP contribution in [-0.2, 0) is 24.4 Å². The molecule has 1 aliphatic rings. The summed E-state index contributed by atoms with van der Waals surface area (Å²) in [5, 5.41) is 22.6. The van der Waals surface area contributed by atoms with Gasteiger partial charge in [0.05, 0.1) is 39.4 Å². The molecule has 10 nitrogen and oxygen atoms in total. The van der Waals surface area contributed by atoms with E-state index in [4.69, 9.17) is 4.74 Å². The Kier molecular flexibility index (Phi) is 5.18. The molecule has 0 amide bonds. The van der Waals surface area contributed by atoms with Gasteiger partial charge in [0.1, 0.15) is 11.9 Å². The lowest BCUT2D eigenvalue weighted by atomic mass is 9.97. The van der Waals surface area contributed by atoms with Crippen LogP contribution in [0.2, 0.25) is 0 Å². The molecule has 0 spiro atoms. The first-order valence-electron chi connectivity index (χ1n) is 11.4. The summed E-state index contributed by atoms with van der Waals surface area (Å²) in [6, 6.07) is 11.5. The number of ether oxygens (including phenoxy) is 1. The zero-order valence-corrected chi connectivity index (χ0v) is 20.6. The van der Waals surface area contributed by atoms with Crippen LogP contribution in [0.4, 0.5) is 5.69 Å². The molecule has 1 N–H and O–H groups in total. The van der Waals surface area contributed by atoms with Crippen molar-refractivity contribution in [2.75, 3.05) is 6.61 Å². The van der Waals surface area contributed by atoms with Crippen molar-refractivity contribution in [2.24, 2.45) is 14.1 Å². The molecule has 4 aromatic rings. The summed E-state index contributed by atoms with van der Waals surface area (Å²) in [7, 11) is 3.02. The lowest BCUT2D eigenvalue weighted by molar-refractivity contribution is -0.385. The van der Waals surface area contributed by atoms with Crippen LogP contribution in [0.25, 0.3) is 22.2 Å². The minimum Gasteiger partial charge on any atom is -0.508 e. The highest BCUT2D eigenvalue weighted by atomic mass is 16.6. The summed E-state index contributed by atoms with van der Waals surface area (Å²) in [5.41, 5.74) is 1.62. The van der Waals surface area contributed by atoms with Gasteiger partial charge in [-0.3, -0.25) is 24.0 Å². The van der Waals surface area contributed by atoms with Crippen LogP contribution in [0.3, 0.4) is 0 Å². The molecule has 0 saturated heterocycles. The number of benzene rings is 2. The fraction of sp³-hybridized carbons (Fsp3) is 0.308. The Balaban J connectivity index is 2.01. The number of fused-ring (bicyclic) bond motifs is 3. The molecule has 2 aromatic carbocycles. The minimum absolute atomic E-state index is 0.183. The second-order valence-corrected chi connectivity index (χ2v) is 9.87. The van der Waals surface area contributed by atoms with Crippen molar-refractivity contribution < 1.29 is 14.8 Å². The second-order valence-electron chi connectivity index (χ2n) is 9.87. The standard InChI is InChI=1S/C26H26N4O6/c1-14-7-6-8-15(11-14)20-19-21(27(4)25(33)28(5)24(19)32)22-23(36-13-26(2,3)29(20)22)17-12-16(30(34)35)9-10-18(17)31/h6-12,23,31H,13H2,1-5H3/t23-/m0/s1. The minimum atomic E-state index is -0.961. The van der Waals surface area contributed by atoms with E-state index in [9.17, 15) is 24.8 Å². The van der Waals surface area contributed by atoms with Crippen LogP contribution in [0.1, 0.15) is 36.8 Å². The zero-order chi connectivity index (χ0) is 26.1. The SMILES string of the molecule is Cc1cccc(-c2c3c(=O)n(C)c(=O)n(C)c3c3n2C(C)(C)CO[C@H]3c2cc([N+](=O)[O-])ccc2O)c1. The van der Waals surface area contributed by atoms with Crippen molar-refractivity contribution in [1.82, 2.24) is 13.7 Å². The molecule has 2 aromatic heterocycles. The molecule has 5 rings (SSSR count). The van der Waals surface area contributed by atoms with Gasteiger partial charge in [-0.25, -0.2) is 4.79 Å². The molecule has 1 aliphatic heterocycles. The number of nitro groups is 1. The third-order valence-corrected chi connectivity index (χ3v) is 6.86. The predicted molar refractivity (Wildman–Crippen MR) is 134 cm³/mol. The summed E-state index contributed by atoms with van der Waals surface area (Å²) >= 11 is 0. The highest BCUT2D eigenvalue weighted by molar-refractivity contribution is 5.97. The monoisotopic (exact) mass is 490 g/mol. The molecule has 10 heteroatoms. The van der Waals surface area contributed by atoms with Gasteiger partial charge >= 0.3 is 5.69 Å². The summed E-state index contributed by atoms with van der Waals surface area (Å²) < 4.78 is 10.7. The second kappa shape index (κ2) is 7.92. The van der Waals surface area contributed by atoms with Crippen LogP contribution in [-0.4, -0.2) is 30.3 Å². The van der Waals surface area contributed by atoms with Crippen molar-refractivity contribution >= 4 is 16.6 Å². The third kappa shape index (κ3) is 3.29. The molecule has 0 bridgehead atoms. The molecule has 0 radical (unpaired) electrons. The molecule has 0 saturated carbocycles. The number of hydrogen-bond donors (Lipinski definition) is 1. The molecule has 0 unspecified atom stereocenters. The maximum atomic E-state index is 13.6. The Morgan fingerprint density at radius 3 is 2.50 bits per heavy atom. The predicted octanol–water partition coefficient (Wildman–Crippen LogP) is 3.48. The zero-order valence-electron chi connectivity index (χ0n) is 20.6. The molecule has 36 heavy (non-hydrogen) atoms. The van der Waals surface area contributed by atoms with E-state index in [2.05, 4.69) is 0 Å². The first kappa shape index (κ1) is 23.6. The van der Waals surface area contributed by atoms with E-state index in [1.54, 1.807) is 7.05 Å².